The van der Waals surface area contributed by atoms with E-state index in [4.69, 9.17) is 11.8 Å². The molecule has 88 valence electrons. The summed E-state index contributed by atoms with van der Waals surface area (Å²) in [5.74, 6) is 0.383. The van der Waals surface area contributed by atoms with Gasteiger partial charge in [0, 0.05) is 1.37 Å². The molecular weight excluding hydrogens is 204 g/mol. The van der Waals surface area contributed by atoms with E-state index in [1.54, 1.807) is 7.11 Å². The molecule has 0 aliphatic rings. The number of nitrogens with one attached hydrogen (secondary N) is 1. The average molecular weight is 223 g/mol. The van der Waals surface area contributed by atoms with Crippen molar-refractivity contribution in [1.82, 2.24) is 5.32 Å². The molecular formula is C12H18N2O2. The summed E-state index contributed by atoms with van der Waals surface area (Å²) >= 11 is 0. The van der Waals surface area contributed by atoms with E-state index in [0.29, 0.717) is 6.42 Å². The van der Waals surface area contributed by atoms with E-state index in [9.17, 15) is 4.79 Å². The van der Waals surface area contributed by atoms with Crippen molar-refractivity contribution in [3.8, 4) is 5.75 Å². The fraction of sp³-hybridized carbons (Fsp3) is 0.417. The van der Waals surface area contributed by atoms with E-state index in [1.165, 1.54) is 0 Å². The van der Waals surface area contributed by atoms with Crippen molar-refractivity contribution in [3.05, 3.63) is 29.8 Å². The Bertz CT molecular complexity index is 371. The Balaban J connectivity index is 2.41. The number of rotatable bonds is 7. The summed E-state index contributed by atoms with van der Waals surface area (Å²) in [6.07, 6.45) is 1.33. The van der Waals surface area contributed by atoms with E-state index in [2.05, 4.69) is 5.32 Å². The Morgan fingerprint density at radius 1 is 1.56 bits per heavy atom. The molecule has 0 aromatic heterocycles. The van der Waals surface area contributed by atoms with E-state index in [1.807, 2.05) is 24.3 Å². The minimum absolute atomic E-state index is 0.0418. The average Bonchev–Trinajstić information content (AvgIpc) is 2.34. The van der Waals surface area contributed by atoms with Gasteiger partial charge in [-0.3, -0.25) is 4.79 Å². The highest BCUT2D eigenvalue weighted by atomic mass is 16.5. The molecule has 0 unspecified atom stereocenters. The van der Waals surface area contributed by atoms with Gasteiger partial charge in [0.2, 0.25) is 5.91 Å². The van der Waals surface area contributed by atoms with Crippen LogP contribution in [0.5, 0.6) is 5.75 Å². The zero-order valence-corrected chi connectivity index (χ0v) is 9.40. The number of hydrogen-bond donors (Lipinski definition) is 2. The van der Waals surface area contributed by atoms with Gasteiger partial charge in [-0.25, -0.2) is 0 Å². The van der Waals surface area contributed by atoms with Crippen molar-refractivity contribution in [2.75, 3.05) is 20.2 Å². The number of methoxy groups -OCH3 is 1. The minimum atomic E-state index is -0.493. The normalized spacial score (nSPS) is 12.9. The summed E-state index contributed by atoms with van der Waals surface area (Å²) in [7, 11) is 1.63. The molecule has 1 amide bonds. The second-order valence-electron chi connectivity index (χ2n) is 3.40. The third-order valence-corrected chi connectivity index (χ3v) is 2.17. The quantitative estimate of drug-likeness (QED) is 0.715. The summed E-state index contributed by atoms with van der Waals surface area (Å²) in [4.78, 5) is 10.5. The van der Waals surface area contributed by atoms with Crippen LogP contribution >= 0.6 is 0 Å². The summed E-state index contributed by atoms with van der Waals surface area (Å²) in [6.45, 7) is -0.451. The molecule has 4 heteroatoms. The maximum atomic E-state index is 10.5. The molecule has 0 heterocycles. The molecule has 0 bridgehead atoms. The fourth-order valence-electron chi connectivity index (χ4n) is 1.41. The maximum absolute atomic E-state index is 10.5. The second-order valence-corrected chi connectivity index (χ2v) is 3.40. The molecule has 4 nitrogen and oxygen atoms in total. The van der Waals surface area contributed by atoms with Crippen LogP contribution in [0.2, 0.25) is 0 Å². The van der Waals surface area contributed by atoms with E-state index in [-0.39, 0.29) is 6.54 Å². The number of ether oxygens (including phenoxy) is 1. The number of nitrogens with two attached hydrogens (primary N) is 1. The number of primary amides is 1. The van der Waals surface area contributed by atoms with Gasteiger partial charge in [-0.05, 0) is 31.0 Å². The number of carbonyl (C=O) groups excluding carboxylic acids is 1. The summed E-state index contributed by atoms with van der Waals surface area (Å²) in [6, 6.07) is 7.71. The maximum Gasteiger partial charge on any atom is 0.231 e. The Hall–Kier alpha value is -1.55. The van der Waals surface area contributed by atoms with Crippen LogP contribution < -0.4 is 15.8 Å². The van der Waals surface area contributed by atoms with Crippen LogP contribution in [0, 0.1) is 0 Å². The highest BCUT2D eigenvalue weighted by Gasteiger charge is 2.00. The molecule has 1 aromatic rings. The van der Waals surface area contributed by atoms with Crippen molar-refractivity contribution < 1.29 is 10.9 Å². The summed E-state index contributed by atoms with van der Waals surface area (Å²) in [5, 5.41) is 2.74. The van der Waals surface area contributed by atoms with E-state index < -0.39 is 12.4 Å². The lowest BCUT2D eigenvalue weighted by Gasteiger charge is -2.07. The van der Waals surface area contributed by atoms with Crippen LogP contribution in [-0.2, 0) is 11.2 Å². The van der Waals surface area contributed by atoms with Crippen molar-refractivity contribution in [3.63, 3.8) is 0 Å². The SMILES string of the molecule is [2H][C@@H](CCc1ccccc1OC)NCC(N)=O. The lowest BCUT2D eigenvalue weighted by Crippen LogP contribution is -2.29. The topological polar surface area (TPSA) is 64.3 Å². The highest BCUT2D eigenvalue weighted by molar-refractivity contribution is 5.75. The van der Waals surface area contributed by atoms with Gasteiger partial charge in [-0.2, -0.15) is 0 Å². The van der Waals surface area contributed by atoms with Gasteiger partial charge in [0.25, 0.3) is 0 Å². The van der Waals surface area contributed by atoms with Crippen molar-refractivity contribution in [2.45, 2.75) is 12.8 Å². The first-order chi connectivity index (χ1) is 8.13. The smallest absolute Gasteiger partial charge is 0.231 e. The number of para-hydroxylation sites is 1. The lowest BCUT2D eigenvalue weighted by atomic mass is 10.1. The zero-order chi connectivity index (χ0) is 12.7. The van der Waals surface area contributed by atoms with Gasteiger partial charge in [0.05, 0.1) is 13.7 Å². The van der Waals surface area contributed by atoms with Crippen molar-refractivity contribution in [2.24, 2.45) is 5.73 Å². The number of benzene rings is 1. The number of amides is 1. The molecule has 1 aromatic carbocycles. The van der Waals surface area contributed by atoms with Crippen LogP contribution in [0.15, 0.2) is 24.3 Å². The second kappa shape index (κ2) is 6.85. The Kier molecular flexibility index (Phi) is 4.69. The molecule has 0 saturated carbocycles. The van der Waals surface area contributed by atoms with Crippen LogP contribution in [-0.4, -0.2) is 26.1 Å². The molecule has 0 aliphatic heterocycles. The summed E-state index contributed by atoms with van der Waals surface area (Å²) in [5.41, 5.74) is 6.05. The third-order valence-electron chi connectivity index (χ3n) is 2.17. The third kappa shape index (κ3) is 4.31. The van der Waals surface area contributed by atoms with Crippen LogP contribution in [0.1, 0.15) is 13.4 Å². The van der Waals surface area contributed by atoms with Crippen LogP contribution in [0.3, 0.4) is 0 Å². The highest BCUT2D eigenvalue weighted by Crippen LogP contribution is 2.18. The van der Waals surface area contributed by atoms with E-state index in [0.717, 1.165) is 17.7 Å². The fourth-order valence-corrected chi connectivity index (χ4v) is 1.41. The Labute approximate surface area is 97.2 Å². The number of hydrogen-bond acceptors (Lipinski definition) is 3. The van der Waals surface area contributed by atoms with Gasteiger partial charge in [0.1, 0.15) is 5.75 Å². The van der Waals surface area contributed by atoms with Gasteiger partial charge >= 0.3 is 0 Å². The van der Waals surface area contributed by atoms with Crippen LogP contribution in [0.4, 0.5) is 0 Å². The van der Waals surface area contributed by atoms with Gasteiger partial charge in [-0.1, -0.05) is 18.2 Å². The lowest BCUT2D eigenvalue weighted by molar-refractivity contribution is -0.117. The number of aryl methyl sites for hydroxylation is 1. The van der Waals surface area contributed by atoms with Crippen LogP contribution in [0.25, 0.3) is 0 Å². The predicted octanol–water partition coefficient (Wildman–Crippen LogP) is 0.703. The molecule has 3 N–H and O–H groups in total. The number of carbonyl (C=O) groups is 1. The van der Waals surface area contributed by atoms with Crippen molar-refractivity contribution in [1.29, 1.82) is 0 Å². The molecule has 0 spiro atoms. The van der Waals surface area contributed by atoms with Gasteiger partial charge in [-0.15, -0.1) is 0 Å². The molecule has 1 atom stereocenters. The van der Waals surface area contributed by atoms with E-state index >= 15 is 0 Å². The standard InChI is InChI=1S/C12H18N2O2/c1-16-11-7-3-2-5-10(11)6-4-8-14-9-12(13)15/h2-3,5,7,14H,4,6,8-9H2,1H3,(H2,13,15)/i8D/t8-/m0/s1. The molecule has 0 aliphatic carbocycles. The first kappa shape index (κ1) is 11.0. The summed E-state index contributed by atoms with van der Waals surface area (Å²) < 4.78 is 12.9. The Morgan fingerprint density at radius 2 is 2.31 bits per heavy atom. The van der Waals surface area contributed by atoms with Crippen molar-refractivity contribution >= 4 is 5.91 Å². The van der Waals surface area contributed by atoms with Gasteiger partial charge < -0.3 is 15.8 Å². The molecule has 16 heavy (non-hydrogen) atoms. The first-order valence-electron chi connectivity index (χ1n) is 5.77. The minimum Gasteiger partial charge on any atom is -0.496 e. The Morgan fingerprint density at radius 3 is 3.00 bits per heavy atom. The first-order valence-corrected chi connectivity index (χ1v) is 5.19. The predicted molar refractivity (Wildman–Crippen MR) is 63.4 cm³/mol. The van der Waals surface area contributed by atoms with Gasteiger partial charge in [0.15, 0.2) is 0 Å². The molecule has 0 saturated heterocycles. The molecule has 1 rings (SSSR count). The largest absolute Gasteiger partial charge is 0.496 e. The zero-order valence-electron chi connectivity index (χ0n) is 10.4. The molecule has 0 fully saturated rings. The monoisotopic (exact) mass is 223 g/mol. The molecule has 0 radical (unpaired) electrons.